The summed E-state index contributed by atoms with van der Waals surface area (Å²) in [5, 5.41) is 19.4. The molecule has 3 saturated heterocycles. The zero-order valence-electron chi connectivity index (χ0n) is 52.1. The number of rotatable bonds is 0. The number of nitrogens with zero attached hydrogens (tertiary/aromatic N) is 3. The van der Waals surface area contributed by atoms with Gasteiger partial charge in [0.15, 0.2) is 0 Å². The number of hydrogen-bond donors (Lipinski definition) is 8. The van der Waals surface area contributed by atoms with E-state index in [0.717, 1.165) is 62.7 Å². The molecule has 0 amide bonds. The van der Waals surface area contributed by atoms with Crippen LogP contribution < -0.4 is 34.4 Å². The molecular weight excluding hydrogens is 891 g/mol. The number of hydrogen-bond acceptors (Lipinski definition) is 11. The zero-order valence-corrected chi connectivity index (χ0v) is 52.1. The molecule has 3 aliphatic heterocycles. The van der Waals surface area contributed by atoms with Crippen molar-refractivity contribution >= 4 is 0 Å². The standard InChI is InChI=1S/C11H23NO.C11H23N.C10H22N2O.C10H22N2.C10H21N.C9H20N2/c1-7-5-8(11(2,3)4)6-9(12)10(7)13;1-8-5-9(11(2,3)4)7-10(12)6-8;1-7-5-12(10(2,3)4)6-8(11)9(7)13;1-8-5-9(11)7-12(6-8)10(2,3)4;1-10(2,3)8-5-4-6-9(11)7-8;1-9(2,3)11-6-4-5-8(10)7-11/h7-10,13H,5-6,12H2,1-4H3;8-10H,5-7,12H2,1-4H3;7-9,13H,5-6,11H2,1-4H3;8-9H,5-7,11H2,1-4H3;8-9H,4-7,11H2,1-3H3;8H,4-7,10H2,1-3H3/t;;7-,8+,9+;8-,9+;;8-/m..01.0/s1. The summed E-state index contributed by atoms with van der Waals surface area (Å²) in [5.41, 5.74) is 37.5. The summed E-state index contributed by atoms with van der Waals surface area (Å²) in [5.74, 6) is 4.56. The highest BCUT2D eigenvalue weighted by Crippen LogP contribution is 2.41. The van der Waals surface area contributed by atoms with Crippen LogP contribution in [-0.2, 0) is 0 Å². The molecule has 6 aliphatic rings. The van der Waals surface area contributed by atoms with Crippen LogP contribution in [-0.4, -0.2) is 129 Å². The molecule has 6 fully saturated rings. The molecule has 3 aliphatic carbocycles. The fraction of sp³-hybridized carbons (Fsp3) is 1.00. The summed E-state index contributed by atoms with van der Waals surface area (Å²) in [6.07, 6.45) is 14.1. The van der Waals surface area contributed by atoms with Crippen molar-refractivity contribution in [2.75, 3.05) is 39.3 Å². The van der Waals surface area contributed by atoms with Gasteiger partial charge in [0, 0.05) is 85.6 Å². The SMILES string of the molecule is CC(C)(C)C1CCCC(N)C1.CC(C)(C)N1CCC[C@H](N)C1.CC1CC(C(C)(C)C)CC(N)C1O.CC1CC(N)CC(C(C)(C)C)C1.C[C@@H]1C[C@H](N)CN(C(C)(C)C)C1.C[C@H]1CN(C(C)(C)C)C[C@@H](N)[C@@H]1O. The summed E-state index contributed by atoms with van der Waals surface area (Å²) in [4.78, 5) is 7.31. The maximum absolute atomic E-state index is 9.70. The van der Waals surface area contributed by atoms with E-state index >= 15 is 0 Å². The monoisotopic (exact) mass is 1020 g/mol. The Hall–Kier alpha value is -0.440. The Morgan fingerprint density at radius 2 is 0.778 bits per heavy atom. The van der Waals surface area contributed by atoms with Crippen LogP contribution in [0, 0.1) is 57.7 Å². The molecule has 0 aromatic heterocycles. The molecule has 15 atom stereocenters. The Morgan fingerprint density at radius 3 is 1.17 bits per heavy atom. The Balaban J connectivity index is 0.000000432. The van der Waals surface area contributed by atoms with Crippen molar-refractivity contribution < 1.29 is 10.2 Å². The van der Waals surface area contributed by atoms with Crippen molar-refractivity contribution in [1.82, 2.24) is 14.7 Å². The van der Waals surface area contributed by atoms with Crippen LogP contribution in [0.2, 0.25) is 0 Å². The lowest BCUT2D eigenvalue weighted by molar-refractivity contribution is -0.0160. The number of aliphatic hydroxyl groups is 2. The van der Waals surface area contributed by atoms with E-state index in [9.17, 15) is 10.2 Å². The second-order valence-corrected chi connectivity index (χ2v) is 31.2. The molecule has 9 unspecified atom stereocenters. The smallest absolute Gasteiger partial charge is 0.0741 e. The van der Waals surface area contributed by atoms with E-state index < -0.39 is 0 Å². The van der Waals surface area contributed by atoms with Crippen LogP contribution in [0.5, 0.6) is 0 Å². The van der Waals surface area contributed by atoms with Crippen LogP contribution in [0.25, 0.3) is 0 Å². The van der Waals surface area contributed by atoms with Crippen LogP contribution in [0.3, 0.4) is 0 Å². The molecule has 0 aromatic rings. The van der Waals surface area contributed by atoms with Gasteiger partial charge in [-0.15, -0.1) is 0 Å². The van der Waals surface area contributed by atoms with Gasteiger partial charge in [0.25, 0.3) is 0 Å². The highest BCUT2D eigenvalue weighted by molar-refractivity contribution is 4.93. The van der Waals surface area contributed by atoms with Crippen LogP contribution in [0.4, 0.5) is 0 Å². The molecule has 0 aromatic carbocycles. The summed E-state index contributed by atoms with van der Waals surface area (Å²) in [6.45, 7) is 56.0. The van der Waals surface area contributed by atoms with E-state index in [4.69, 9.17) is 34.4 Å². The molecule has 3 saturated carbocycles. The van der Waals surface area contributed by atoms with E-state index in [-0.39, 0.29) is 41.3 Å². The molecule has 0 spiro atoms. The van der Waals surface area contributed by atoms with E-state index in [2.05, 4.69) is 167 Å². The zero-order chi connectivity index (χ0) is 56.1. The number of nitrogens with two attached hydrogens (primary N) is 6. The third-order valence-corrected chi connectivity index (χ3v) is 17.6. The lowest BCUT2D eigenvalue weighted by atomic mass is 9.67. The van der Waals surface area contributed by atoms with Gasteiger partial charge in [0.05, 0.1) is 12.2 Å². The van der Waals surface area contributed by atoms with Gasteiger partial charge in [-0.3, -0.25) is 14.7 Å². The van der Waals surface area contributed by atoms with Gasteiger partial charge in [0.2, 0.25) is 0 Å². The number of likely N-dealkylation sites (tertiary alicyclic amines) is 3. The molecule has 72 heavy (non-hydrogen) atoms. The minimum absolute atomic E-state index is 0.0204. The highest BCUT2D eigenvalue weighted by atomic mass is 16.3. The molecule has 6 rings (SSSR count). The second kappa shape index (κ2) is 29.5. The van der Waals surface area contributed by atoms with Crippen molar-refractivity contribution in [3.63, 3.8) is 0 Å². The van der Waals surface area contributed by atoms with Crippen LogP contribution in [0.1, 0.15) is 229 Å². The van der Waals surface area contributed by atoms with E-state index in [1.807, 2.05) is 0 Å². The third-order valence-electron chi connectivity index (χ3n) is 17.6. The van der Waals surface area contributed by atoms with Crippen molar-refractivity contribution in [1.29, 1.82) is 0 Å². The normalized spacial score (nSPS) is 36.0. The number of aliphatic hydroxyl groups excluding tert-OH is 2. The van der Waals surface area contributed by atoms with Crippen LogP contribution in [0.15, 0.2) is 0 Å². The summed E-state index contributed by atoms with van der Waals surface area (Å²) >= 11 is 0. The minimum Gasteiger partial charge on any atom is -0.391 e. The molecule has 11 nitrogen and oxygen atoms in total. The first kappa shape index (κ1) is 69.6. The van der Waals surface area contributed by atoms with Crippen molar-refractivity contribution in [2.24, 2.45) is 92.1 Å². The molecular formula is C61H131N9O2. The van der Waals surface area contributed by atoms with Crippen molar-refractivity contribution in [3.05, 3.63) is 0 Å². The first-order valence-corrected chi connectivity index (χ1v) is 29.6. The Kier molecular flexibility index (Phi) is 28.5. The first-order valence-electron chi connectivity index (χ1n) is 29.6. The van der Waals surface area contributed by atoms with E-state index in [1.165, 1.54) is 77.3 Å². The summed E-state index contributed by atoms with van der Waals surface area (Å²) in [7, 11) is 0. The minimum atomic E-state index is -0.335. The lowest BCUT2D eigenvalue weighted by Gasteiger charge is -2.45. The summed E-state index contributed by atoms with van der Waals surface area (Å²) < 4.78 is 0. The van der Waals surface area contributed by atoms with Gasteiger partial charge < -0.3 is 44.6 Å². The molecule has 3 heterocycles. The lowest BCUT2D eigenvalue weighted by Crippen LogP contribution is -2.60. The fourth-order valence-corrected chi connectivity index (χ4v) is 12.1. The topological polar surface area (TPSA) is 206 Å². The Bertz CT molecular complexity index is 1300. The molecule has 432 valence electrons. The van der Waals surface area contributed by atoms with Gasteiger partial charge in [-0.1, -0.05) is 96.4 Å². The molecule has 0 radical (unpaired) electrons. The Labute approximate surface area is 449 Å². The van der Waals surface area contributed by atoms with Gasteiger partial charge in [0.1, 0.15) is 0 Å². The second-order valence-electron chi connectivity index (χ2n) is 31.2. The quantitative estimate of drug-likeness (QED) is 0.115. The Morgan fingerprint density at radius 1 is 0.347 bits per heavy atom. The van der Waals surface area contributed by atoms with Gasteiger partial charge >= 0.3 is 0 Å². The van der Waals surface area contributed by atoms with Crippen molar-refractivity contribution in [2.45, 2.75) is 294 Å². The average Bonchev–Trinajstić information content (AvgIpc) is 3.20. The maximum Gasteiger partial charge on any atom is 0.0741 e. The van der Waals surface area contributed by atoms with Gasteiger partial charge in [-0.25, -0.2) is 0 Å². The van der Waals surface area contributed by atoms with E-state index in [1.54, 1.807) is 0 Å². The van der Waals surface area contributed by atoms with Crippen molar-refractivity contribution in [3.8, 4) is 0 Å². The fourth-order valence-electron chi connectivity index (χ4n) is 12.1. The number of piperidine rings is 3. The summed E-state index contributed by atoms with van der Waals surface area (Å²) in [6, 6.07) is 1.61. The largest absolute Gasteiger partial charge is 0.391 e. The van der Waals surface area contributed by atoms with Crippen LogP contribution >= 0.6 is 0 Å². The van der Waals surface area contributed by atoms with Gasteiger partial charge in [-0.05, 0) is 197 Å². The van der Waals surface area contributed by atoms with Gasteiger partial charge in [-0.2, -0.15) is 0 Å². The molecule has 11 heteroatoms. The molecule has 0 bridgehead atoms. The third kappa shape index (κ3) is 26.3. The first-order chi connectivity index (χ1) is 32.4. The molecule has 14 N–H and O–H groups in total. The average molecular weight is 1020 g/mol. The van der Waals surface area contributed by atoms with E-state index in [0.29, 0.717) is 57.8 Å². The predicted molar refractivity (Wildman–Crippen MR) is 315 cm³/mol. The highest BCUT2D eigenvalue weighted by Gasteiger charge is 2.38. The predicted octanol–water partition coefficient (Wildman–Crippen LogP) is 10.2. The maximum atomic E-state index is 9.70.